The van der Waals surface area contributed by atoms with Gasteiger partial charge in [0, 0.05) is 6.42 Å². The third-order valence-electron chi connectivity index (χ3n) is 5.96. The molecule has 3 aliphatic rings. The lowest BCUT2D eigenvalue weighted by Crippen LogP contribution is -2.48. The van der Waals surface area contributed by atoms with Crippen molar-refractivity contribution in [3.05, 3.63) is 0 Å². The molecule has 21 heavy (non-hydrogen) atoms. The summed E-state index contributed by atoms with van der Waals surface area (Å²) in [6, 6.07) is 0. The standard InChI is InChI=1S/C17H27NO3/c1-13-5-9-17(21,10-6-13)12-18-14(19)11-16(15(18)20)7-3-2-4-8-16/h13,21H,2-12H2,1H3. The fourth-order valence-electron chi connectivity index (χ4n) is 4.39. The Bertz CT molecular complexity index is 431. The molecule has 1 N–H and O–H groups in total. The smallest absolute Gasteiger partial charge is 0.236 e. The fourth-order valence-corrected chi connectivity index (χ4v) is 4.39. The summed E-state index contributed by atoms with van der Waals surface area (Å²) in [5.41, 5.74) is -1.27. The van der Waals surface area contributed by atoms with Crippen LogP contribution in [0.3, 0.4) is 0 Å². The van der Waals surface area contributed by atoms with E-state index in [0.717, 1.165) is 38.5 Å². The van der Waals surface area contributed by atoms with Crippen LogP contribution in [0, 0.1) is 11.3 Å². The first-order valence-corrected chi connectivity index (χ1v) is 8.51. The molecular formula is C17H27NO3. The van der Waals surface area contributed by atoms with E-state index in [1.807, 2.05) is 0 Å². The average molecular weight is 293 g/mol. The van der Waals surface area contributed by atoms with Crippen LogP contribution in [0.2, 0.25) is 0 Å². The molecule has 1 spiro atoms. The Kier molecular flexibility index (Phi) is 3.85. The number of carbonyl (C=O) groups excluding carboxylic acids is 2. The Morgan fingerprint density at radius 2 is 1.71 bits per heavy atom. The summed E-state index contributed by atoms with van der Waals surface area (Å²) >= 11 is 0. The molecule has 0 radical (unpaired) electrons. The van der Waals surface area contributed by atoms with Gasteiger partial charge in [-0.15, -0.1) is 0 Å². The van der Waals surface area contributed by atoms with Crippen LogP contribution in [0.5, 0.6) is 0 Å². The molecular weight excluding hydrogens is 266 g/mol. The number of likely N-dealkylation sites (tertiary alicyclic amines) is 1. The molecule has 4 heteroatoms. The highest BCUT2D eigenvalue weighted by Crippen LogP contribution is 2.46. The van der Waals surface area contributed by atoms with E-state index < -0.39 is 11.0 Å². The van der Waals surface area contributed by atoms with Gasteiger partial charge in [0.1, 0.15) is 0 Å². The molecule has 0 atom stereocenters. The number of aliphatic hydroxyl groups is 1. The summed E-state index contributed by atoms with van der Waals surface area (Å²) < 4.78 is 0. The van der Waals surface area contributed by atoms with Gasteiger partial charge in [0.25, 0.3) is 0 Å². The van der Waals surface area contributed by atoms with E-state index in [9.17, 15) is 14.7 Å². The number of rotatable bonds is 2. The topological polar surface area (TPSA) is 57.6 Å². The van der Waals surface area contributed by atoms with E-state index in [2.05, 4.69) is 6.92 Å². The molecule has 0 bridgehead atoms. The largest absolute Gasteiger partial charge is 0.388 e. The highest BCUT2D eigenvalue weighted by molar-refractivity contribution is 6.06. The van der Waals surface area contributed by atoms with Gasteiger partial charge in [0.2, 0.25) is 11.8 Å². The first-order valence-electron chi connectivity index (χ1n) is 8.51. The van der Waals surface area contributed by atoms with Crippen molar-refractivity contribution in [1.29, 1.82) is 0 Å². The Morgan fingerprint density at radius 1 is 1.10 bits per heavy atom. The zero-order valence-corrected chi connectivity index (χ0v) is 13.1. The van der Waals surface area contributed by atoms with Gasteiger partial charge in [-0.3, -0.25) is 14.5 Å². The van der Waals surface area contributed by atoms with Gasteiger partial charge in [0.15, 0.2) is 0 Å². The molecule has 3 fully saturated rings. The van der Waals surface area contributed by atoms with Gasteiger partial charge in [-0.05, 0) is 44.4 Å². The monoisotopic (exact) mass is 293 g/mol. The quantitative estimate of drug-likeness (QED) is 0.796. The summed E-state index contributed by atoms with van der Waals surface area (Å²) in [6.45, 7) is 2.42. The molecule has 4 nitrogen and oxygen atoms in total. The molecule has 1 saturated heterocycles. The van der Waals surface area contributed by atoms with Crippen LogP contribution in [0.25, 0.3) is 0 Å². The zero-order valence-electron chi connectivity index (χ0n) is 13.1. The van der Waals surface area contributed by atoms with Crippen LogP contribution in [0.4, 0.5) is 0 Å². The Morgan fingerprint density at radius 3 is 2.33 bits per heavy atom. The maximum absolute atomic E-state index is 12.8. The molecule has 3 rings (SSSR count). The molecule has 1 heterocycles. The van der Waals surface area contributed by atoms with Gasteiger partial charge in [-0.25, -0.2) is 0 Å². The zero-order chi connectivity index (χ0) is 15.1. The van der Waals surface area contributed by atoms with Crippen LogP contribution >= 0.6 is 0 Å². The van der Waals surface area contributed by atoms with E-state index >= 15 is 0 Å². The molecule has 0 aromatic heterocycles. The minimum Gasteiger partial charge on any atom is -0.388 e. The molecule has 0 aromatic carbocycles. The third-order valence-corrected chi connectivity index (χ3v) is 5.96. The maximum Gasteiger partial charge on any atom is 0.236 e. The fraction of sp³-hybridized carbons (Fsp3) is 0.882. The van der Waals surface area contributed by atoms with E-state index in [1.165, 1.54) is 11.3 Å². The van der Waals surface area contributed by atoms with Crippen LogP contribution in [-0.2, 0) is 9.59 Å². The van der Waals surface area contributed by atoms with Crippen molar-refractivity contribution >= 4 is 11.8 Å². The summed E-state index contributed by atoms with van der Waals surface area (Å²) in [5.74, 6) is 0.577. The highest BCUT2D eigenvalue weighted by Gasteiger charge is 2.53. The average Bonchev–Trinajstić information content (AvgIpc) is 2.68. The van der Waals surface area contributed by atoms with Crippen molar-refractivity contribution in [1.82, 2.24) is 4.90 Å². The normalized spacial score (nSPS) is 36.5. The van der Waals surface area contributed by atoms with Gasteiger partial charge < -0.3 is 5.11 Å². The van der Waals surface area contributed by atoms with Crippen LogP contribution in [-0.4, -0.2) is 34.0 Å². The molecule has 0 unspecified atom stereocenters. The van der Waals surface area contributed by atoms with Crippen molar-refractivity contribution < 1.29 is 14.7 Å². The summed E-state index contributed by atoms with van der Waals surface area (Å²) in [5, 5.41) is 10.7. The van der Waals surface area contributed by atoms with Crippen LogP contribution in [0.15, 0.2) is 0 Å². The van der Waals surface area contributed by atoms with Crippen LogP contribution < -0.4 is 0 Å². The third kappa shape index (κ3) is 2.75. The number of hydrogen-bond acceptors (Lipinski definition) is 3. The maximum atomic E-state index is 12.8. The van der Waals surface area contributed by atoms with Gasteiger partial charge in [0.05, 0.1) is 17.6 Å². The number of nitrogens with zero attached hydrogens (tertiary/aromatic N) is 1. The second-order valence-corrected chi connectivity index (χ2v) is 7.71. The Labute approximate surface area is 126 Å². The summed E-state index contributed by atoms with van der Waals surface area (Å²) in [4.78, 5) is 26.5. The highest BCUT2D eigenvalue weighted by atomic mass is 16.3. The van der Waals surface area contributed by atoms with E-state index in [-0.39, 0.29) is 18.4 Å². The number of β-amino-alcohol motifs (C(OH)–C–C–N with tert-alkyl or cyclic N) is 1. The van der Waals surface area contributed by atoms with Gasteiger partial charge in [-0.2, -0.15) is 0 Å². The minimum atomic E-state index is -0.849. The lowest BCUT2D eigenvalue weighted by atomic mass is 9.73. The first-order chi connectivity index (χ1) is 9.94. The Hall–Kier alpha value is -0.900. The molecule has 2 aliphatic carbocycles. The second kappa shape index (κ2) is 5.38. The SMILES string of the molecule is CC1CCC(O)(CN2C(=O)CC3(CCCCC3)C2=O)CC1. The number of carbonyl (C=O) groups is 2. The molecule has 1 aliphatic heterocycles. The van der Waals surface area contributed by atoms with E-state index in [4.69, 9.17) is 0 Å². The summed E-state index contributed by atoms with van der Waals surface area (Å²) in [6.07, 6.45) is 8.73. The van der Waals surface area contributed by atoms with Crippen molar-refractivity contribution in [2.24, 2.45) is 11.3 Å². The number of amides is 2. The number of imide groups is 1. The second-order valence-electron chi connectivity index (χ2n) is 7.71. The first kappa shape index (κ1) is 15.0. The van der Waals surface area contributed by atoms with E-state index in [1.54, 1.807) is 0 Å². The minimum absolute atomic E-state index is 0.000697. The van der Waals surface area contributed by atoms with Crippen molar-refractivity contribution in [2.75, 3.05) is 6.54 Å². The predicted octanol–water partition coefficient (Wildman–Crippen LogP) is 2.64. The van der Waals surface area contributed by atoms with Crippen molar-refractivity contribution in [3.63, 3.8) is 0 Å². The number of hydrogen-bond donors (Lipinski definition) is 1. The van der Waals surface area contributed by atoms with Crippen LogP contribution in [0.1, 0.15) is 71.1 Å². The lowest BCUT2D eigenvalue weighted by Gasteiger charge is -2.38. The molecule has 0 aromatic rings. The van der Waals surface area contributed by atoms with Crippen molar-refractivity contribution in [3.8, 4) is 0 Å². The molecule has 118 valence electrons. The predicted molar refractivity (Wildman–Crippen MR) is 79.4 cm³/mol. The Balaban J connectivity index is 1.71. The van der Waals surface area contributed by atoms with E-state index in [0.29, 0.717) is 25.2 Å². The van der Waals surface area contributed by atoms with Gasteiger partial charge in [-0.1, -0.05) is 26.2 Å². The molecule has 2 amide bonds. The lowest BCUT2D eigenvalue weighted by molar-refractivity contribution is -0.147. The van der Waals surface area contributed by atoms with Crippen molar-refractivity contribution in [2.45, 2.75) is 76.7 Å². The molecule has 2 saturated carbocycles. The van der Waals surface area contributed by atoms with Gasteiger partial charge >= 0.3 is 0 Å². The summed E-state index contributed by atoms with van der Waals surface area (Å²) in [7, 11) is 0.